The van der Waals surface area contributed by atoms with Crippen molar-refractivity contribution in [2.24, 2.45) is 0 Å². The van der Waals surface area contributed by atoms with Crippen molar-refractivity contribution in [3.8, 4) is 5.75 Å². The summed E-state index contributed by atoms with van der Waals surface area (Å²) in [6.07, 6.45) is 0.803. The van der Waals surface area contributed by atoms with Crippen molar-refractivity contribution in [1.29, 1.82) is 0 Å². The summed E-state index contributed by atoms with van der Waals surface area (Å²) in [4.78, 5) is 0. The van der Waals surface area contributed by atoms with Gasteiger partial charge in [0.1, 0.15) is 11.6 Å². The van der Waals surface area contributed by atoms with Gasteiger partial charge in [-0.2, -0.15) is 12.6 Å². The molecule has 0 saturated heterocycles. The third-order valence-electron chi connectivity index (χ3n) is 2.06. The van der Waals surface area contributed by atoms with Crippen LogP contribution in [0.1, 0.15) is 17.2 Å². The summed E-state index contributed by atoms with van der Waals surface area (Å²) in [6.45, 7) is 0.614. The van der Waals surface area contributed by atoms with E-state index in [4.69, 9.17) is 16.3 Å². The summed E-state index contributed by atoms with van der Waals surface area (Å²) in [5.74, 6) is 0.239. The maximum absolute atomic E-state index is 13.1. The van der Waals surface area contributed by atoms with E-state index >= 15 is 0 Å². The highest BCUT2D eigenvalue weighted by atomic mass is 35.5. The van der Waals surface area contributed by atoms with E-state index in [9.17, 15) is 4.39 Å². The Balaban J connectivity index is 2.52. The summed E-state index contributed by atoms with van der Waals surface area (Å²) in [7, 11) is 0. The van der Waals surface area contributed by atoms with Gasteiger partial charge in [-0.3, -0.25) is 0 Å². The van der Waals surface area contributed by atoms with Gasteiger partial charge >= 0.3 is 0 Å². The molecular weight excluding hydrogens is 211 g/mol. The highest BCUT2D eigenvalue weighted by molar-refractivity contribution is 7.80. The van der Waals surface area contributed by atoms with E-state index in [0.717, 1.165) is 12.0 Å². The van der Waals surface area contributed by atoms with Gasteiger partial charge in [0.05, 0.1) is 11.6 Å². The standard InChI is InChI=1S/C9H8ClFOS/c10-6-4-8-5(3-7(6)11)9(13)1-2-12-8/h3-4,9,13H,1-2H2. The molecule has 13 heavy (non-hydrogen) atoms. The van der Waals surface area contributed by atoms with Crippen LogP contribution in [0.3, 0.4) is 0 Å². The molecule has 0 fully saturated rings. The molecule has 1 aromatic carbocycles. The number of thiol groups is 1. The van der Waals surface area contributed by atoms with E-state index in [-0.39, 0.29) is 10.3 Å². The van der Waals surface area contributed by atoms with Gasteiger partial charge in [-0.15, -0.1) is 0 Å². The summed E-state index contributed by atoms with van der Waals surface area (Å²) in [6, 6.07) is 2.91. The van der Waals surface area contributed by atoms with Crippen molar-refractivity contribution < 1.29 is 9.13 Å². The van der Waals surface area contributed by atoms with Gasteiger partial charge in [0.15, 0.2) is 0 Å². The van der Waals surface area contributed by atoms with Crippen LogP contribution in [0, 0.1) is 5.82 Å². The number of rotatable bonds is 0. The van der Waals surface area contributed by atoms with Gasteiger partial charge in [0.25, 0.3) is 0 Å². The summed E-state index contributed by atoms with van der Waals surface area (Å²) in [5, 5.41) is 0.150. The average Bonchev–Trinajstić information content (AvgIpc) is 2.09. The molecular formula is C9H8ClFOS. The molecule has 0 spiro atoms. The van der Waals surface area contributed by atoms with Crippen molar-refractivity contribution in [3.63, 3.8) is 0 Å². The fraction of sp³-hybridized carbons (Fsp3) is 0.333. The highest BCUT2D eigenvalue weighted by Gasteiger charge is 2.20. The van der Waals surface area contributed by atoms with E-state index in [1.165, 1.54) is 12.1 Å². The van der Waals surface area contributed by atoms with Crippen LogP contribution in [0.5, 0.6) is 5.75 Å². The zero-order valence-electron chi connectivity index (χ0n) is 6.76. The van der Waals surface area contributed by atoms with Crippen molar-refractivity contribution in [3.05, 3.63) is 28.5 Å². The molecule has 70 valence electrons. The Labute approximate surface area is 86.3 Å². The summed E-state index contributed by atoms with van der Waals surface area (Å²) in [5.41, 5.74) is 0.788. The molecule has 1 aliphatic rings. The number of fused-ring (bicyclic) bond motifs is 1. The fourth-order valence-electron chi connectivity index (χ4n) is 1.37. The lowest BCUT2D eigenvalue weighted by atomic mass is 10.1. The molecule has 1 aromatic rings. The quantitative estimate of drug-likeness (QED) is 0.658. The van der Waals surface area contributed by atoms with Crippen molar-refractivity contribution in [2.75, 3.05) is 6.61 Å². The topological polar surface area (TPSA) is 9.23 Å². The summed E-state index contributed by atoms with van der Waals surface area (Å²) < 4.78 is 18.4. The minimum absolute atomic E-state index is 0.0514. The first-order valence-corrected chi connectivity index (χ1v) is 4.87. The Morgan fingerprint density at radius 1 is 1.54 bits per heavy atom. The maximum atomic E-state index is 13.1. The monoisotopic (exact) mass is 218 g/mol. The van der Waals surface area contributed by atoms with Crippen LogP contribution >= 0.6 is 24.2 Å². The second kappa shape index (κ2) is 3.39. The Morgan fingerprint density at radius 2 is 2.31 bits per heavy atom. The Bertz CT molecular complexity index is 343. The zero-order chi connectivity index (χ0) is 9.42. The van der Waals surface area contributed by atoms with Gasteiger partial charge in [-0.25, -0.2) is 4.39 Å². The number of halogens is 2. The molecule has 0 saturated carbocycles. The van der Waals surface area contributed by atoms with E-state index in [1.807, 2.05) is 0 Å². The van der Waals surface area contributed by atoms with Crippen LogP contribution < -0.4 is 4.74 Å². The van der Waals surface area contributed by atoms with E-state index < -0.39 is 5.82 Å². The van der Waals surface area contributed by atoms with Gasteiger partial charge in [-0.1, -0.05) is 11.6 Å². The van der Waals surface area contributed by atoms with Gasteiger partial charge in [0.2, 0.25) is 0 Å². The van der Waals surface area contributed by atoms with Gasteiger partial charge in [-0.05, 0) is 12.5 Å². The van der Waals surface area contributed by atoms with Crippen molar-refractivity contribution in [1.82, 2.24) is 0 Å². The molecule has 0 aliphatic carbocycles. The molecule has 1 heterocycles. The Kier molecular flexibility index (Phi) is 2.39. The number of ether oxygens (including phenoxy) is 1. The van der Waals surface area contributed by atoms with Crippen LogP contribution in [0.15, 0.2) is 12.1 Å². The molecule has 1 nitrogen and oxygen atoms in total. The zero-order valence-corrected chi connectivity index (χ0v) is 8.41. The second-order valence-corrected chi connectivity index (χ2v) is 3.99. The first kappa shape index (κ1) is 9.16. The number of benzene rings is 1. The highest BCUT2D eigenvalue weighted by Crippen LogP contribution is 2.38. The SMILES string of the molecule is Fc1cc2c(cc1Cl)OCCC2S. The molecule has 1 aliphatic heterocycles. The Hall–Kier alpha value is -0.410. The van der Waals surface area contributed by atoms with Crippen LogP contribution in [0.25, 0.3) is 0 Å². The van der Waals surface area contributed by atoms with E-state index in [2.05, 4.69) is 12.6 Å². The van der Waals surface area contributed by atoms with Crippen LogP contribution in [-0.4, -0.2) is 6.61 Å². The average molecular weight is 219 g/mol. The molecule has 1 unspecified atom stereocenters. The van der Waals surface area contributed by atoms with Crippen LogP contribution in [0.2, 0.25) is 5.02 Å². The molecule has 1 atom stereocenters. The molecule has 0 radical (unpaired) electrons. The first-order valence-electron chi connectivity index (χ1n) is 3.98. The first-order chi connectivity index (χ1) is 6.18. The maximum Gasteiger partial charge on any atom is 0.142 e. The lowest BCUT2D eigenvalue weighted by Gasteiger charge is -2.22. The fourth-order valence-corrected chi connectivity index (χ4v) is 1.83. The van der Waals surface area contributed by atoms with E-state index in [1.54, 1.807) is 0 Å². The van der Waals surface area contributed by atoms with E-state index in [0.29, 0.717) is 12.4 Å². The number of hydrogen-bond donors (Lipinski definition) is 1. The van der Waals surface area contributed by atoms with Gasteiger partial charge < -0.3 is 4.74 Å². The largest absolute Gasteiger partial charge is 0.493 e. The van der Waals surface area contributed by atoms with Gasteiger partial charge in [0, 0.05) is 16.9 Å². The Morgan fingerprint density at radius 3 is 3.08 bits per heavy atom. The van der Waals surface area contributed by atoms with Crippen LogP contribution in [-0.2, 0) is 0 Å². The lowest BCUT2D eigenvalue weighted by Crippen LogP contribution is -2.11. The lowest BCUT2D eigenvalue weighted by molar-refractivity contribution is 0.286. The van der Waals surface area contributed by atoms with Crippen molar-refractivity contribution in [2.45, 2.75) is 11.7 Å². The van der Waals surface area contributed by atoms with Crippen LogP contribution in [0.4, 0.5) is 4.39 Å². The summed E-state index contributed by atoms with van der Waals surface area (Å²) >= 11 is 9.95. The molecule has 4 heteroatoms. The van der Waals surface area contributed by atoms with Crippen molar-refractivity contribution >= 4 is 24.2 Å². The predicted octanol–water partition coefficient (Wildman–Crippen LogP) is 3.23. The minimum atomic E-state index is -0.412. The second-order valence-electron chi connectivity index (χ2n) is 2.96. The molecule has 0 N–H and O–H groups in total. The molecule has 2 rings (SSSR count). The number of hydrogen-bond acceptors (Lipinski definition) is 2. The molecule has 0 bridgehead atoms. The smallest absolute Gasteiger partial charge is 0.142 e. The third kappa shape index (κ3) is 1.63. The molecule has 0 amide bonds. The normalized spacial score (nSPS) is 20.7. The minimum Gasteiger partial charge on any atom is -0.493 e. The predicted molar refractivity (Wildman–Crippen MR) is 53.2 cm³/mol. The molecule has 0 aromatic heterocycles. The third-order valence-corrected chi connectivity index (χ3v) is 2.89.